The molecule has 0 atom stereocenters. The molecule has 5 rings (SSSR count). The summed E-state index contributed by atoms with van der Waals surface area (Å²) in [6.07, 6.45) is 0. The van der Waals surface area contributed by atoms with Crippen LogP contribution in [0.2, 0.25) is 0 Å². The molecule has 3 aromatic carbocycles. The largest absolute Gasteiger partial charge is 0.308 e. The lowest BCUT2D eigenvalue weighted by Crippen LogP contribution is -2.10. The van der Waals surface area contributed by atoms with Crippen LogP contribution in [0.4, 0.5) is 0 Å². The van der Waals surface area contributed by atoms with Crippen LogP contribution in [0.3, 0.4) is 0 Å². The van der Waals surface area contributed by atoms with E-state index in [0.717, 1.165) is 27.3 Å². The Kier molecular flexibility index (Phi) is 2.90. The van der Waals surface area contributed by atoms with Crippen LogP contribution in [0.5, 0.6) is 0 Å². The molecule has 2 heterocycles. The van der Waals surface area contributed by atoms with E-state index in [0.29, 0.717) is 11.1 Å². The van der Waals surface area contributed by atoms with Crippen molar-refractivity contribution in [1.82, 2.24) is 4.40 Å². The lowest BCUT2D eigenvalue weighted by Gasteiger charge is -2.19. The zero-order chi connectivity index (χ0) is 18.9. The Labute approximate surface area is 157 Å². The molecule has 3 nitrogen and oxygen atoms in total. The number of hydrogen-bond acceptors (Lipinski definition) is 2. The van der Waals surface area contributed by atoms with Gasteiger partial charge in [0.25, 0.3) is 0 Å². The van der Waals surface area contributed by atoms with E-state index in [1.165, 1.54) is 16.3 Å². The molecule has 0 aliphatic carbocycles. The van der Waals surface area contributed by atoms with E-state index in [1.54, 1.807) is 0 Å². The molecule has 5 aromatic rings. The summed E-state index contributed by atoms with van der Waals surface area (Å²) in [5, 5.41) is 23.4. The molecule has 0 bridgehead atoms. The van der Waals surface area contributed by atoms with Gasteiger partial charge in [0.1, 0.15) is 0 Å². The maximum absolute atomic E-state index is 9.37. The molecular weight excluding hydrogens is 330 g/mol. The molecule has 0 saturated heterocycles. The van der Waals surface area contributed by atoms with Gasteiger partial charge in [-0.2, -0.15) is 10.5 Å². The van der Waals surface area contributed by atoms with Crippen LogP contribution >= 0.6 is 0 Å². The van der Waals surface area contributed by atoms with Gasteiger partial charge in [-0.3, -0.25) is 0 Å². The molecule has 0 unspecified atom stereocenters. The van der Waals surface area contributed by atoms with E-state index in [-0.39, 0.29) is 5.41 Å². The number of nitriles is 2. The zero-order valence-corrected chi connectivity index (χ0v) is 15.5. The van der Waals surface area contributed by atoms with Crippen LogP contribution in [0, 0.1) is 22.7 Å². The van der Waals surface area contributed by atoms with E-state index in [1.807, 2.05) is 36.4 Å². The smallest absolute Gasteiger partial charge is 0.0992 e. The first-order chi connectivity index (χ1) is 12.9. The number of nitrogens with zero attached hydrogens (tertiary/aromatic N) is 3. The summed E-state index contributed by atoms with van der Waals surface area (Å²) >= 11 is 0. The highest BCUT2D eigenvalue weighted by Gasteiger charge is 2.22. The first kappa shape index (κ1) is 15.7. The van der Waals surface area contributed by atoms with Crippen LogP contribution in [0.25, 0.3) is 38.1 Å². The standard InChI is InChI=1S/C24H17N3/c1-24(2,3)16-10-19-17-6-4-14(12-25)8-21(17)27-22-9-15(13-26)5-7-18(22)20(11-16)23(19)27/h4-11H,1-3H3. The predicted molar refractivity (Wildman–Crippen MR) is 109 cm³/mol. The van der Waals surface area contributed by atoms with Gasteiger partial charge in [0, 0.05) is 21.5 Å². The molecule has 0 spiro atoms. The molecule has 3 heteroatoms. The third-order valence-electron chi connectivity index (χ3n) is 5.52. The Morgan fingerprint density at radius 3 is 1.59 bits per heavy atom. The van der Waals surface area contributed by atoms with Gasteiger partial charge in [-0.15, -0.1) is 0 Å². The monoisotopic (exact) mass is 347 g/mol. The van der Waals surface area contributed by atoms with Gasteiger partial charge in [0.15, 0.2) is 0 Å². The Balaban J connectivity index is 2.12. The van der Waals surface area contributed by atoms with Crippen LogP contribution < -0.4 is 0 Å². The van der Waals surface area contributed by atoms with Crippen LogP contribution in [0.1, 0.15) is 37.5 Å². The molecule has 0 aliphatic rings. The third-order valence-corrected chi connectivity index (χ3v) is 5.52. The Morgan fingerprint density at radius 2 is 1.19 bits per heavy atom. The number of benzene rings is 3. The molecule has 0 saturated carbocycles. The average molecular weight is 347 g/mol. The molecule has 0 fully saturated rings. The predicted octanol–water partition coefficient (Wildman–Crippen LogP) is 5.88. The van der Waals surface area contributed by atoms with Gasteiger partial charge < -0.3 is 4.40 Å². The highest BCUT2D eigenvalue weighted by Crippen LogP contribution is 2.42. The number of rotatable bonds is 0. The second kappa shape index (κ2) is 5.00. The highest BCUT2D eigenvalue weighted by atomic mass is 14.9. The van der Waals surface area contributed by atoms with Crippen molar-refractivity contribution in [2.24, 2.45) is 0 Å². The SMILES string of the molecule is CC(C)(C)c1cc2c3ccc(C#N)cc3n3c4cc(C#N)ccc4c(c1)c23. The average Bonchev–Trinajstić information content (AvgIpc) is 3.16. The van der Waals surface area contributed by atoms with E-state index in [9.17, 15) is 10.5 Å². The third kappa shape index (κ3) is 2.00. The van der Waals surface area contributed by atoms with Gasteiger partial charge in [0.2, 0.25) is 0 Å². The fraction of sp³-hybridized carbons (Fsp3) is 0.167. The first-order valence-corrected chi connectivity index (χ1v) is 9.00. The Hall–Kier alpha value is -3.56. The molecular formula is C24H17N3. The van der Waals surface area contributed by atoms with Gasteiger partial charge in [-0.1, -0.05) is 32.9 Å². The summed E-state index contributed by atoms with van der Waals surface area (Å²) in [5.74, 6) is 0. The lowest BCUT2D eigenvalue weighted by atomic mass is 9.85. The van der Waals surface area contributed by atoms with E-state index >= 15 is 0 Å². The van der Waals surface area contributed by atoms with E-state index < -0.39 is 0 Å². The minimum atomic E-state index is 0.0288. The first-order valence-electron chi connectivity index (χ1n) is 9.00. The number of fused-ring (bicyclic) bond motifs is 6. The molecule has 0 N–H and O–H groups in total. The van der Waals surface area contributed by atoms with Crippen molar-refractivity contribution < 1.29 is 0 Å². The van der Waals surface area contributed by atoms with Gasteiger partial charge in [-0.25, -0.2) is 0 Å². The van der Waals surface area contributed by atoms with Crippen molar-refractivity contribution in [3.63, 3.8) is 0 Å². The second-order valence-corrected chi connectivity index (χ2v) is 8.19. The van der Waals surface area contributed by atoms with Crippen molar-refractivity contribution in [2.45, 2.75) is 26.2 Å². The minimum Gasteiger partial charge on any atom is -0.308 e. The van der Waals surface area contributed by atoms with Crippen molar-refractivity contribution >= 4 is 38.1 Å². The van der Waals surface area contributed by atoms with Crippen molar-refractivity contribution in [3.05, 3.63) is 65.2 Å². The normalized spacial score (nSPS) is 12.2. The maximum Gasteiger partial charge on any atom is 0.0992 e. The fourth-order valence-electron chi connectivity index (χ4n) is 4.12. The van der Waals surface area contributed by atoms with Crippen LogP contribution in [-0.2, 0) is 5.41 Å². The quantitative estimate of drug-likeness (QED) is 0.351. The molecule has 128 valence electrons. The number of aromatic nitrogens is 1. The lowest BCUT2D eigenvalue weighted by molar-refractivity contribution is 0.592. The zero-order valence-electron chi connectivity index (χ0n) is 15.5. The Morgan fingerprint density at radius 1 is 0.704 bits per heavy atom. The molecule has 0 radical (unpaired) electrons. The summed E-state index contributed by atoms with van der Waals surface area (Å²) in [7, 11) is 0. The highest BCUT2D eigenvalue weighted by molar-refractivity contribution is 6.23. The summed E-state index contributed by atoms with van der Waals surface area (Å²) in [5.41, 5.74) is 5.80. The van der Waals surface area contributed by atoms with Crippen molar-refractivity contribution in [1.29, 1.82) is 10.5 Å². The summed E-state index contributed by atoms with van der Waals surface area (Å²) in [4.78, 5) is 0. The molecule has 0 aliphatic heterocycles. The fourth-order valence-corrected chi connectivity index (χ4v) is 4.12. The van der Waals surface area contributed by atoms with Crippen molar-refractivity contribution in [2.75, 3.05) is 0 Å². The maximum atomic E-state index is 9.37. The topological polar surface area (TPSA) is 52.0 Å². The van der Waals surface area contributed by atoms with E-state index in [2.05, 4.69) is 49.4 Å². The van der Waals surface area contributed by atoms with Crippen LogP contribution in [-0.4, -0.2) is 4.40 Å². The Bertz CT molecular complexity index is 1360. The number of hydrogen-bond donors (Lipinski definition) is 0. The van der Waals surface area contributed by atoms with Crippen LogP contribution in [0.15, 0.2) is 48.5 Å². The minimum absolute atomic E-state index is 0.0288. The summed E-state index contributed by atoms with van der Waals surface area (Å²) in [6, 6.07) is 20.8. The van der Waals surface area contributed by atoms with Crippen molar-refractivity contribution in [3.8, 4) is 12.1 Å². The second-order valence-electron chi connectivity index (χ2n) is 8.19. The van der Waals surface area contributed by atoms with Gasteiger partial charge in [0.05, 0.1) is 39.8 Å². The molecule has 27 heavy (non-hydrogen) atoms. The van der Waals surface area contributed by atoms with Gasteiger partial charge >= 0.3 is 0 Å². The van der Waals surface area contributed by atoms with Gasteiger partial charge in [-0.05, 0) is 47.4 Å². The molecule has 2 aromatic heterocycles. The van der Waals surface area contributed by atoms with E-state index in [4.69, 9.17) is 0 Å². The summed E-state index contributed by atoms with van der Waals surface area (Å²) in [6.45, 7) is 6.67. The summed E-state index contributed by atoms with van der Waals surface area (Å²) < 4.78 is 2.21. The molecule has 0 amide bonds.